The lowest BCUT2D eigenvalue weighted by atomic mass is 9.79. The van der Waals surface area contributed by atoms with E-state index in [1.807, 2.05) is 0 Å². The maximum absolute atomic E-state index is 12.6. The van der Waals surface area contributed by atoms with Gasteiger partial charge in [0.2, 0.25) is 0 Å². The summed E-state index contributed by atoms with van der Waals surface area (Å²) >= 11 is 3.74. The minimum atomic E-state index is -0.301. The predicted octanol–water partition coefficient (Wildman–Crippen LogP) is 6.88. The Balaban J connectivity index is 1.87. The molecule has 2 aliphatic carbocycles. The Labute approximate surface area is 204 Å². The first kappa shape index (κ1) is 25.0. The highest BCUT2D eigenvalue weighted by Crippen LogP contribution is 2.41. The molecule has 31 heavy (non-hydrogen) atoms. The lowest BCUT2D eigenvalue weighted by Crippen LogP contribution is -2.49. The van der Waals surface area contributed by atoms with Gasteiger partial charge in [-0.1, -0.05) is 26.7 Å². The van der Waals surface area contributed by atoms with E-state index < -0.39 is 0 Å². The monoisotopic (exact) mass is 560 g/mol. The van der Waals surface area contributed by atoms with Gasteiger partial charge in [0.1, 0.15) is 10.7 Å². The van der Waals surface area contributed by atoms with Crippen molar-refractivity contribution in [2.75, 3.05) is 18.6 Å². The van der Waals surface area contributed by atoms with Crippen molar-refractivity contribution < 1.29 is 14.3 Å². The molecule has 2 fully saturated rings. The van der Waals surface area contributed by atoms with Crippen molar-refractivity contribution in [2.24, 2.45) is 11.8 Å². The molecule has 1 aromatic rings. The molecule has 0 atom stereocenters. The van der Waals surface area contributed by atoms with Crippen LogP contribution in [0.1, 0.15) is 88.2 Å². The second-order valence-corrected chi connectivity index (χ2v) is 12.4. The Bertz CT molecular complexity index is 765. The van der Waals surface area contributed by atoms with Crippen LogP contribution >= 0.6 is 33.9 Å². The standard InChI is InChI=1S/C24H37IN2O3S/c1-5-14-30-24(3)12-10-18(11-13-24)27(22(26)17-8-6-16(2)7-9-17)19-15-20(25)31-21(19)23(28)29-4/h15-18,26H,5-14H2,1-4H3. The van der Waals surface area contributed by atoms with Crippen LogP contribution in [0.2, 0.25) is 0 Å². The molecule has 2 aliphatic rings. The van der Waals surface area contributed by atoms with E-state index in [0.717, 1.165) is 66.0 Å². The lowest BCUT2D eigenvalue weighted by molar-refractivity contribution is -0.0583. The Hall–Kier alpha value is -0.670. The molecule has 2 saturated carbocycles. The van der Waals surface area contributed by atoms with E-state index >= 15 is 0 Å². The van der Waals surface area contributed by atoms with Crippen molar-refractivity contribution in [3.05, 3.63) is 13.8 Å². The zero-order valence-electron chi connectivity index (χ0n) is 19.3. The van der Waals surface area contributed by atoms with Crippen LogP contribution in [0.25, 0.3) is 0 Å². The highest BCUT2D eigenvalue weighted by atomic mass is 127. The number of halogens is 1. The number of rotatable bonds is 7. The first-order chi connectivity index (χ1) is 14.8. The summed E-state index contributed by atoms with van der Waals surface area (Å²) in [5, 5.41) is 9.24. The highest BCUT2D eigenvalue weighted by Gasteiger charge is 2.39. The number of amidine groups is 1. The zero-order valence-corrected chi connectivity index (χ0v) is 22.3. The zero-order chi connectivity index (χ0) is 22.6. The summed E-state index contributed by atoms with van der Waals surface area (Å²) < 4.78 is 12.3. The quantitative estimate of drug-likeness (QED) is 0.171. The summed E-state index contributed by atoms with van der Waals surface area (Å²) in [6.07, 6.45) is 9.43. The van der Waals surface area contributed by atoms with Crippen molar-refractivity contribution in [2.45, 2.75) is 90.2 Å². The third-order valence-corrected chi connectivity index (χ3v) is 8.87. The summed E-state index contributed by atoms with van der Waals surface area (Å²) in [5.41, 5.74) is 0.794. The number of ether oxygens (including phenoxy) is 2. The van der Waals surface area contributed by atoms with Crippen molar-refractivity contribution in [3.8, 4) is 0 Å². The highest BCUT2D eigenvalue weighted by molar-refractivity contribution is 14.1. The molecule has 0 amide bonds. The van der Waals surface area contributed by atoms with Crippen LogP contribution in [0, 0.1) is 20.1 Å². The van der Waals surface area contributed by atoms with Gasteiger partial charge in [0.25, 0.3) is 0 Å². The van der Waals surface area contributed by atoms with E-state index in [0.29, 0.717) is 10.7 Å². The third-order valence-electron chi connectivity index (χ3n) is 7.01. The molecule has 1 N–H and O–H groups in total. The smallest absolute Gasteiger partial charge is 0.350 e. The number of nitrogens with one attached hydrogen (secondary N) is 1. The molecule has 1 aromatic heterocycles. The van der Waals surface area contributed by atoms with Gasteiger partial charge in [-0.05, 0) is 86.4 Å². The normalized spacial score (nSPS) is 28.9. The number of carbonyl (C=O) groups is 1. The average Bonchev–Trinajstić information content (AvgIpc) is 3.15. The van der Waals surface area contributed by atoms with Gasteiger partial charge in [0, 0.05) is 18.6 Å². The van der Waals surface area contributed by atoms with Crippen LogP contribution in [0.15, 0.2) is 6.07 Å². The molecule has 5 nitrogen and oxygen atoms in total. The van der Waals surface area contributed by atoms with Gasteiger partial charge >= 0.3 is 5.97 Å². The van der Waals surface area contributed by atoms with E-state index in [9.17, 15) is 10.2 Å². The van der Waals surface area contributed by atoms with Gasteiger partial charge in [-0.2, -0.15) is 0 Å². The van der Waals surface area contributed by atoms with Gasteiger partial charge in [0.05, 0.1) is 21.3 Å². The summed E-state index contributed by atoms with van der Waals surface area (Å²) in [6, 6.07) is 2.29. The Morgan fingerprint density at radius 3 is 2.48 bits per heavy atom. The van der Waals surface area contributed by atoms with E-state index in [1.54, 1.807) is 0 Å². The molecule has 0 aliphatic heterocycles. The molecule has 0 bridgehead atoms. The molecular formula is C24H37IN2O3S. The number of hydrogen-bond donors (Lipinski definition) is 1. The van der Waals surface area contributed by atoms with Crippen molar-refractivity contribution >= 4 is 51.4 Å². The van der Waals surface area contributed by atoms with Crippen molar-refractivity contribution in [1.29, 1.82) is 5.41 Å². The first-order valence-electron chi connectivity index (χ1n) is 11.7. The minimum absolute atomic E-state index is 0.0745. The van der Waals surface area contributed by atoms with Crippen LogP contribution in [0.3, 0.4) is 0 Å². The number of anilines is 1. The molecule has 0 unspecified atom stereocenters. The van der Waals surface area contributed by atoms with E-state index in [2.05, 4.69) is 54.3 Å². The molecule has 174 valence electrons. The van der Waals surface area contributed by atoms with Gasteiger partial charge < -0.3 is 14.4 Å². The van der Waals surface area contributed by atoms with Crippen LogP contribution < -0.4 is 4.90 Å². The summed E-state index contributed by atoms with van der Waals surface area (Å²) in [6.45, 7) is 7.49. The van der Waals surface area contributed by atoms with E-state index in [-0.39, 0.29) is 23.5 Å². The fourth-order valence-electron chi connectivity index (χ4n) is 4.99. The second-order valence-electron chi connectivity index (χ2n) is 9.50. The number of nitrogens with zero attached hydrogens (tertiary/aromatic N) is 1. The van der Waals surface area contributed by atoms with E-state index in [4.69, 9.17) is 9.47 Å². The topological polar surface area (TPSA) is 62.6 Å². The number of thiophene rings is 1. The first-order valence-corrected chi connectivity index (χ1v) is 13.6. The number of hydrogen-bond acceptors (Lipinski definition) is 5. The molecule has 7 heteroatoms. The van der Waals surface area contributed by atoms with Crippen LogP contribution in [0.4, 0.5) is 5.69 Å². The fourth-order valence-corrected chi connectivity index (χ4v) is 6.74. The molecule has 1 heterocycles. The third kappa shape index (κ3) is 6.02. The molecule has 0 spiro atoms. The van der Waals surface area contributed by atoms with E-state index in [1.165, 1.54) is 31.3 Å². The Morgan fingerprint density at radius 2 is 1.90 bits per heavy atom. The van der Waals surface area contributed by atoms with Gasteiger partial charge in [-0.3, -0.25) is 5.41 Å². The Morgan fingerprint density at radius 1 is 1.26 bits per heavy atom. The second kappa shape index (κ2) is 11.0. The summed E-state index contributed by atoms with van der Waals surface area (Å²) in [5.74, 6) is 1.40. The fraction of sp³-hybridized carbons (Fsp3) is 0.750. The van der Waals surface area contributed by atoms with Crippen LogP contribution in [0.5, 0.6) is 0 Å². The maximum atomic E-state index is 12.6. The molecule has 3 rings (SSSR count). The van der Waals surface area contributed by atoms with Crippen molar-refractivity contribution in [3.63, 3.8) is 0 Å². The van der Waals surface area contributed by atoms with Crippen LogP contribution in [-0.2, 0) is 9.47 Å². The van der Waals surface area contributed by atoms with Crippen molar-refractivity contribution in [1.82, 2.24) is 0 Å². The number of esters is 1. The Kier molecular flexibility index (Phi) is 8.83. The molecule has 0 radical (unpaired) electrons. The summed E-state index contributed by atoms with van der Waals surface area (Å²) in [4.78, 5) is 15.4. The lowest BCUT2D eigenvalue weighted by Gasteiger charge is -2.44. The molecule has 0 aromatic carbocycles. The minimum Gasteiger partial charge on any atom is -0.465 e. The largest absolute Gasteiger partial charge is 0.465 e. The number of carbonyl (C=O) groups excluding carboxylic acids is 1. The predicted molar refractivity (Wildman–Crippen MR) is 137 cm³/mol. The summed E-state index contributed by atoms with van der Waals surface area (Å²) in [7, 11) is 1.44. The molecular weight excluding hydrogens is 523 g/mol. The molecule has 0 saturated heterocycles. The number of methoxy groups -OCH3 is 1. The van der Waals surface area contributed by atoms with Gasteiger partial charge in [0.15, 0.2) is 0 Å². The SMILES string of the molecule is CCCOC1(C)CCC(N(C(=N)C2CCC(C)CC2)c2cc(I)sc2C(=O)OC)CC1. The average molecular weight is 561 g/mol. The maximum Gasteiger partial charge on any atom is 0.350 e. The van der Waals surface area contributed by atoms with Crippen LogP contribution in [-0.4, -0.2) is 37.2 Å². The van der Waals surface area contributed by atoms with Gasteiger partial charge in [-0.15, -0.1) is 11.3 Å². The van der Waals surface area contributed by atoms with Gasteiger partial charge in [-0.25, -0.2) is 4.79 Å².